The maximum absolute atomic E-state index is 11.9. The Morgan fingerprint density at radius 1 is 1.35 bits per heavy atom. The van der Waals surface area contributed by atoms with Crippen LogP contribution in [0.1, 0.15) is 31.1 Å². The van der Waals surface area contributed by atoms with Gasteiger partial charge in [-0.3, -0.25) is 5.10 Å². The fourth-order valence-electron chi connectivity index (χ4n) is 2.12. The van der Waals surface area contributed by atoms with Crippen molar-refractivity contribution in [2.24, 2.45) is 0 Å². The lowest BCUT2D eigenvalue weighted by Gasteiger charge is -2.17. The van der Waals surface area contributed by atoms with Crippen molar-refractivity contribution in [1.29, 1.82) is 0 Å². The number of carbonyl (C=O) groups is 1. The van der Waals surface area contributed by atoms with Crippen LogP contribution in [0.5, 0.6) is 11.5 Å². The molecule has 2 rings (SSSR count). The fraction of sp³-hybridized carbons (Fsp3) is 0.375. The number of aromatic amines is 1. The van der Waals surface area contributed by atoms with Crippen LogP contribution in [0.3, 0.4) is 0 Å². The number of H-pyrrole nitrogens is 1. The summed E-state index contributed by atoms with van der Waals surface area (Å²) in [5.41, 5.74) is 1.78. The summed E-state index contributed by atoms with van der Waals surface area (Å²) < 4.78 is 10.8. The van der Waals surface area contributed by atoms with E-state index in [2.05, 4.69) is 20.8 Å². The van der Waals surface area contributed by atoms with E-state index >= 15 is 0 Å². The highest BCUT2D eigenvalue weighted by Crippen LogP contribution is 2.30. The molecule has 0 aliphatic rings. The molecule has 1 aromatic heterocycles. The van der Waals surface area contributed by atoms with Gasteiger partial charge in [0.15, 0.2) is 11.5 Å². The van der Waals surface area contributed by atoms with Crippen LogP contribution >= 0.6 is 0 Å². The summed E-state index contributed by atoms with van der Waals surface area (Å²) in [6, 6.07) is 7.01. The molecule has 0 saturated heterocycles. The van der Waals surface area contributed by atoms with Crippen LogP contribution in [0, 0.1) is 0 Å². The lowest BCUT2D eigenvalue weighted by molar-refractivity contribution is 0.237. The Bertz CT molecular complexity index is 628. The van der Waals surface area contributed by atoms with Gasteiger partial charge in [0.2, 0.25) is 0 Å². The van der Waals surface area contributed by atoms with E-state index in [1.165, 1.54) is 0 Å². The van der Waals surface area contributed by atoms with Gasteiger partial charge in [0.05, 0.1) is 32.0 Å². The van der Waals surface area contributed by atoms with Crippen LogP contribution in [-0.2, 0) is 6.54 Å². The number of hydrogen-bond acceptors (Lipinski definition) is 4. The van der Waals surface area contributed by atoms with Gasteiger partial charge in [-0.05, 0) is 37.6 Å². The van der Waals surface area contributed by atoms with Gasteiger partial charge in [-0.25, -0.2) is 4.79 Å². The SMILES string of the molecule is CCOc1ccc([C@H](C)NC(=O)NCc2ccn[nH]2)cc1OC. The van der Waals surface area contributed by atoms with Gasteiger partial charge in [-0.15, -0.1) is 0 Å². The van der Waals surface area contributed by atoms with Crippen molar-refractivity contribution in [3.8, 4) is 11.5 Å². The quantitative estimate of drug-likeness (QED) is 0.731. The first-order valence-electron chi connectivity index (χ1n) is 7.47. The van der Waals surface area contributed by atoms with E-state index in [1.54, 1.807) is 19.4 Å². The topological polar surface area (TPSA) is 88.3 Å². The summed E-state index contributed by atoms with van der Waals surface area (Å²) >= 11 is 0. The second-order valence-corrected chi connectivity index (χ2v) is 4.97. The minimum absolute atomic E-state index is 0.165. The van der Waals surface area contributed by atoms with Crippen molar-refractivity contribution in [2.45, 2.75) is 26.4 Å². The number of ether oxygens (including phenoxy) is 2. The molecular formula is C16H22N4O3. The van der Waals surface area contributed by atoms with Crippen molar-refractivity contribution in [3.05, 3.63) is 41.7 Å². The van der Waals surface area contributed by atoms with Crippen LogP contribution < -0.4 is 20.1 Å². The zero-order valence-corrected chi connectivity index (χ0v) is 13.6. The monoisotopic (exact) mass is 318 g/mol. The normalized spacial score (nSPS) is 11.6. The lowest BCUT2D eigenvalue weighted by atomic mass is 10.1. The number of rotatable bonds is 7. The molecular weight excluding hydrogens is 296 g/mol. The summed E-state index contributed by atoms with van der Waals surface area (Å²) in [5, 5.41) is 12.3. The third kappa shape index (κ3) is 4.64. The highest BCUT2D eigenvalue weighted by atomic mass is 16.5. The van der Waals surface area contributed by atoms with Crippen molar-refractivity contribution in [3.63, 3.8) is 0 Å². The minimum atomic E-state index is -0.250. The highest BCUT2D eigenvalue weighted by molar-refractivity contribution is 5.74. The van der Waals surface area contributed by atoms with Crippen molar-refractivity contribution in [1.82, 2.24) is 20.8 Å². The predicted molar refractivity (Wildman–Crippen MR) is 86.5 cm³/mol. The third-order valence-corrected chi connectivity index (χ3v) is 3.33. The molecule has 1 heterocycles. The Kier molecular flexibility index (Phi) is 5.85. The number of nitrogens with one attached hydrogen (secondary N) is 3. The summed E-state index contributed by atoms with van der Waals surface area (Å²) in [6.07, 6.45) is 1.64. The number of hydrogen-bond donors (Lipinski definition) is 3. The van der Waals surface area contributed by atoms with Crippen LogP contribution in [0.2, 0.25) is 0 Å². The molecule has 2 amide bonds. The molecule has 0 spiro atoms. The average molecular weight is 318 g/mol. The van der Waals surface area contributed by atoms with E-state index in [1.807, 2.05) is 32.0 Å². The second kappa shape index (κ2) is 8.07. The molecule has 0 aliphatic heterocycles. The maximum Gasteiger partial charge on any atom is 0.315 e. The zero-order valence-electron chi connectivity index (χ0n) is 13.6. The Hall–Kier alpha value is -2.70. The van der Waals surface area contributed by atoms with E-state index in [0.29, 0.717) is 24.7 Å². The third-order valence-electron chi connectivity index (χ3n) is 3.33. The number of urea groups is 1. The van der Waals surface area contributed by atoms with Gasteiger partial charge in [-0.2, -0.15) is 5.10 Å². The van der Waals surface area contributed by atoms with E-state index in [0.717, 1.165) is 11.3 Å². The molecule has 7 heteroatoms. The maximum atomic E-state index is 11.9. The molecule has 7 nitrogen and oxygen atoms in total. The molecule has 0 radical (unpaired) electrons. The van der Waals surface area contributed by atoms with Gasteiger partial charge >= 0.3 is 6.03 Å². The van der Waals surface area contributed by atoms with Gasteiger partial charge < -0.3 is 20.1 Å². The molecule has 124 valence electrons. The van der Waals surface area contributed by atoms with E-state index in [9.17, 15) is 4.79 Å². The molecule has 0 unspecified atom stereocenters. The van der Waals surface area contributed by atoms with Crippen LogP contribution in [0.15, 0.2) is 30.5 Å². The van der Waals surface area contributed by atoms with E-state index in [4.69, 9.17) is 9.47 Å². The molecule has 0 aliphatic carbocycles. The Balaban J connectivity index is 1.94. The Morgan fingerprint density at radius 2 is 2.17 bits per heavy atom. The molecule has 1 atom stereocenters. The molecule has 0 bridgehead atoms. The smallest absolute Gasteiger partial charge is 0.315 e. The van der Waals surface area contributed by atoms with E-state index < -0.39 is 0 Å². The van der Waals surface area contributed by atoms with Crippen molar-refractivity contribution < 1.29 is 14.3 Å². The van der Waals surface area contributed by atoms with Gasteiger partial charge in [0.25, 0.3) is 0 Å². The molecule has 2 aromatic rings. The first-order valence-corrected chi connectivity index (χ1v) is 7.47. The van der Waals surface area contributed by atoms with Gasteiger partial charge in [-0.1, -0.05) is 6.07 Å². The summed E-state index contributed by atoms with van der Waals surface area (Å²) in [4.78, 5) is 11.9. The second-order valence-electron chi connectivity index (χ2n) is 4.97. The first kappa shape index (κ1) is 16.7. The first-order chi connectivity index (χ1) is 11.1. The van der Waals surface area contributed by atoms with Crippen LogP contribution in [-0.4, -0.2) is 29.9 Å². The summed E-state index contributed by atoms with van der Waals surface area (Å²) in [6.45, 7) is 4.79. The fourth-order valence-corrected chi connectivity index (χ4v) is 2.12. The Labute approximate surface area is 135 Å². The van der Waals surface area contributed by atoms with Crippen molar-refractivity contribution in [2.75, 3.05) is 13.7 Å². The zero-order chi connectivity index (χ0) is 16.7. The number of methoxy groups -OCH3 is 1. The Morgan fingerprint density at radius 3 is 2.83 bits per heavy atom. The van der Waals surface area contributed by atoms with Crippen LogP contribution in [0.4, 0.5) is 4.79 Å². The largest absolute Gasteiger partial charge is 0.493 e. The van der Waals surface area contributed by atoms with E-state index in [-0.39, 0.29) is 12.1 Å². The van der Waals surface area contributed by atoms with Gasteiger partial charge in [0.1, 0.15) is 0 Å². The minimum Gasteiger partial charge on any atom is -0.493 e. The summed E-state index contributed by atoms with van der Waals surface area (Å²) in [5.74, 6) is 1.34. The average Bonchev–Trinajstić information content (AvgIpc) is 3.07. The predicted octanol–water partition coefficient (Wildman–Crippen LogP) is 2.38. The number of aromatic nitrogens is 2. The van der Waals surface area contributed by atoms with Crippen LogP contribution in [0.25, 0.3) is 0 Å². The molecule has 3 N–H and O–H groups in total. The highest BCUT2D eigenvalue weighted by Gasteiger charge is 2.12. The standard InChI is InChI=1S/C16H22N4O3/c1-4-23-14-6-5-12(9-15(14)22-3)11(2)19-16(21)17-10-13-7-8-18-20-13/h5-9,11H,4,10H2,1-3H3,(H,18,20)(H2,17,19,21)/t11-/m0/s1. The number of benzene rings is 1. The number of nitrogens with zero attached hydrogens (tertiary/aromatic N) is 1. The van der Waals surface area contributed by atoms with Gasteiger partial charge in [0, 0.05) is 6.20 Å². The molecule has 0 fully saturated rings. The molecule has 23 heavy (non-hydrogen) atoms. The van der Waals surface area contributed by atoms with Crippen molar-refractivity contribution >= 4 is 6.03 Å². The summed E-state index contributed by atoms with van der Waals surface area (Å²) in [7, 11) is 1.59. The number of carbonyl (C=O) groups excluding carboxylic acids is 1. The number of amides is 2. The molecule has 0 saturated carbocycles. The lowest BCUT2D eigenvalue weighted by Crippen LogP contribution is -2.36. The molecule has 1 aromatic carbocycles.